The lowest BCUT2D eigenvalue weighted by Crippen LogP contribution is -2.45. The van der Waals surface area contributed by atoms with Crippen LogP contribution < -0.4 is 10.1 Å². The Hall–Kier alpha value is -3.65. The molecular weight excluding hydrogens is 428 g/mol. The lowest BCUT2D eigenvalue weighted by molar-refractivity contribution is -0.128. The minimum absolute atomic E-state index is 0.0225. The molecule has 0 aromatic heterocycles. The first-order chi connectivity index (χ1) is 15.4. The SMILES string of the molecule is Cc1ccc(S(=O)(=O)N2C(=O)CC[C@H]2C(=O)Nc2ccccc2Oc2ccccc2)cc1. The number of amides is 2. The Morgan fingerprint density at radius 2 is 1.62 bits per heavy atom. The average Bonchev–Trinajstić information content (AvgIpc) is 3.18. The summed E-state index contributed by atoms with van der Waals surface area (Å²) in [6, 6.07) is 21.0. The molecule has 1 aliphatic rings. The van der Waals surface area contributed by atoms with Gasteiger partial charge in [-0.3, -0.25) is 9.59 Å². The van der Waals surface area contributed by atoms with E-state index < -0.39 is 27.9 Å². The Labute approximate surface area is 186 Å². The third-order valence-electron chi connectivity index (χ3n) is 5.16. The molecule has 1 saturated heterocycles. The molecule has 1 N–H and O–H groups in total. The van der Waals surface area contributed by atoms with Gasteiger partial charge in [0.1, 0.15) is 11.8 Å². The number of anilines is 1. The van der Waals surface area contributed by atoms with Crippen LogP contribution in [0.25, 0.3) is 0 Å². The first kappa shape index (κ1) is 21.6. The molecule has 0 bridgehead atoms. The number of benzene rings is 3. The fourth-order valence-electron chi connectivity index (χ4n) is 3.51. The third-order valence-corrected chi connectivity index (χ3v) is 7.00. The summed E-state index contributed by atoms with van der Waals surface area (Å²) in [5.41, 5.74) is 1.27. The fourth-order valence-corrected chi connectivity index (χ4v) is 5.12. The molecule has 0 radical (unpaired) electrons. The first-order valence-electron chi connectivity index (χ1n) is 10.1. The Morgan fingerprint density at radius 1 is 0.969 bits per heavy atom. The second kappa shape index (κ2) is 8.84. The molecule has 2 amide bonds. The van der Waals surface area contributed by atoms with E-state index in [1.54, 1.807) is 48.5 Å². The molecule has 164 valence electrons. The van der Waals surface area contributed by atoms with Gasteiger partial charge in [-0.05, 0) is 49.7 Å². The van der Waals surface area contributed by atoms with Crippen LogP contribution in [0.4, 0.5) is 5.69 Å². The van der Waals surface area contributed by atoms with Crippen molar-refractivity contribution in [3.63, 3.8) is 0 Å². The number of sulfonamides is 1. The van der Waals surface area contributed by atoms with E-state index in [-0.39, 0.29) is 17.7 Å². The highest BCUT2D eigenvalue weighted by molar-refractivity contribution is 7.89. The van der Waals surface area contributed by atoms with Crippen molar-refractivity contribution in [3.8, 4) is 11.5 Å². The van der Waals surface area contributed by atoms with E-state index in [1.165, 1.54) is 12.1 Å². The molecule has 4 rings (SSSR count). The standard InChI is InChI=1S/C24H22N2O5S/c1-17-11-13-19(14-12-17)32(29,30)26-21(15-16-23(26)27)24(28)25-20-9-5-6-10-22(20)31-18-7-3-2-4-8-18/h2-14,21H,15-16H2,1H3,(H,25,28)/t21-/m0/s1. The summed E-state index contributed by atoms with van der Waals surface area (Å²) in [5, 5.41) is 2.73. The quantitative estimate of drug-likeness (QED) is 0.610. The number of aryl methyl sites for hydroxylation is 1. The third kappa shape index (κ3) is 4.36. The number of hydrogen-bond acceptors (Lipinski definition) is 5. The predicted octanol–water partition coefficient (Wildman–Crippen LogP) is 4.11. The number of para-hydroxylation sites is 3. The molecule has 0 unspecified atom stereocenters. The van der Waals surface area contributed by atoms with Crippen LogP contribution in [0.15, 0.2) is 83.8 Å². The van der Waals surface area contributed by atoms with Gasteiger partial charge in [0.05, 0.1) is 10.6 Å². The summed E-state index contributed by atoms with van der Waals surface area (Å²) in [7, 11) is -4.16. The largest absolute Gasteiger partial charge is 0.455 e. The van der Waals surface area contributed by atoms with Crippen LogP contribution in [0.1, 0.15) is 18.4 Å². The summed E-state index contributed by atoms with van der Waals surface area (Å²) in [4.78, 5) is 25.5. The highest BCUT2D eigenvalue weighted by Gasteiger charge is 2.44. The Morgan fingerprint density at radius 3 is 2.34 bits per heavy atom. The second-order valence-corrected chi connectivity index (χ2v) is 9.28. The van der Waals surface area contributed by atoms with Gasteiger partial charge in [-0.1, -0.05) is 48.0 Å². The van der Waals surface area contributed by atoms with E-state index in [2.05, 4.69) is 5.32 Å². The number of ether oxygens (including phenoxy) is 1. The van der Waals surface area contributed by atoms with Crippen molar-refractivity contribution in [3.05, 3.63) is 84.4 Å². The minimum atomic E-state index is -4.16. The molecular formula is C24H22N2O5S. The lowest BCUT2D eigenvalue weighted by Gasteiger charge is -2.24. The van der Waals surface area contributed by atoms with Gasteiger partial charge in [-0.25, -0.2) is 12.7 Å². The van der Waals surface area contributed by atoms with Gasteiger partial charge in [-0.15, -0.1) is 0 Å². The topological polar surface area (TPSA) is 92.8 Å². The molecule has 7 nitrogen and oxygen atoms in total. The number of rotatable bonds is 6. The van der Waals surface area contributed by atoms with E-state index in [9.17, 15) is 18.0 Å². The molecule has 0 saturated carbocycles. The summed E-state index contributed by atoms with van der Waals surface area (Å²) < 4.78 is 32.8. The van der Waals surface area contributed by atoms with Gasteiger partial charge >= 0.3 is 0 Å². The van der Waals surface area contributed by atoms with Crippen molar-refractivity contribution < 1.29 is 22.7 Å². The van der Waals surface area contributed by atoms with Crippen LogP contribution in [0, 0.1) is 6.92 Å². The second-order valence-electron chi connectivity index (χ2n) is 7.46. The predicted molar refractivity (Wildman–Crippen MR) is 120 cm³/mol. The van der Waals surface area contributed by atoms with Crippen molar-refractivity contribution in [1.82, 2.24) is 4.31 Å². The van der Waals surface area contributed by atoms with Crippen molar-refractivity contribution in [2.45, 2.75) is 30.7 Å². The number of nitrogens with one attached hydrogen (secondary N) is 1. The van der Waals surface area contributed by atoms with Crippen LogP contribution in [-0.4, -0.2) is 30.6 Å². The van der Waals surface area contributed by atoms with Crippen molar-refractivity contribution >= 4 is 27.5 Å². The summed E-state index contributed by atoms with van der Waals surface area (Å²) in [6.45, 7) is 1.84. The monoisotopic (exact) mass is 450 g/mol. The Kier molecular flexibility index (Phi) is 5.96. The van der Waals surface area contributed by atoms with Crippen LogP contribution in [0.5, 0.6) is 11.5 Å². The molecule has 0 aliphatic carbocycles. The van der Waals surface area contributed by atoms with Crippen molar-refractivity contribution in [2.75, 3.05) is 5.32 Å². The van der Waals surface area contributed by atoms with Crippen molar-refractivity contribution in [1.29, 1.82) is 0 Å². The fraction of sp³-hybridized carbons (Fsp3) is 0.167. The van der Waals surface area contributed by atoms with Gasteiger partial charge < -0.3 is 10.1 Å². The van der Waals surface area contributed by atoms with Gasteiger partial charge in [0.25, 0.3) is 10.0 Å². The molecule has 0 spiro atoms. The van der Waals surface area contributed by atoms with Crippen LogP contribution in [-0.2, 0) is 19.6 Å². The number of nitrogens with zero attached hydrogens (tertiary/aromatic N) is 1. The van der Waals surface area contributed by atoms with E-state index in [4.69, 9.17) is 4.74 Å². The van der Waals surface area contributed by atoms with Gasteiger partial charge in [0, 0.05) is 6.42 Å². The number of carbonyl (C=O) groups is 2. The normalized spacial score (nSPS) is 16.1. The smallest absolute Gasteiger partial charge is 0.267 e. The molecule has 1 atom stereocenters. The minimum Gasteiger partial charge on any atom is -0.455 e. The molecule has 1 heterocycles. The molecule has 32 heavy (non-hydrogen) atoms. The lowest BCUT2D eigenvalue weighted by atomic mass is 10.2. The maximum absolute atomic E-state index is 13.1. The van der Waals surface area contributed by atoms with Crippen LogP contribution in [0.2, 0.25) is 0 Å². The maximum atomic E-state index is 13.1. The number of hydrogen-bond donors (Lipinski definition) is 1. The molecule has 1 aliphatic heterocycles. The van der Waals surface area contributed by atoms with Crippen LogP contribution >= 0.6 is 0 Å². The van der Waals surface area contributed by atoms with Crippen LogP contribution in [0.3, 0.4) is 0 Å². The zero-order valence-corrected chi connectivity index (χ0v) is 18.2. The molecule has 8 heteroatoms. The van der Waals surface area contributed by atoms with Gasteiger partial charge in [0.15, 0.2) is 5.75 Å². The Balaban J connectivity index is 1.58. The van der Waals surface area contributed by atoms with E-state index >= 15 is 0 Å². The van der Waals surface area contributed by atoms with Crippen molar-refractivity contribution in [2.24, 2.45) is 0 Å². The average molecular weight is 451 g/mol. The van der Waals surface area contributed by atoms with E-state index in [0.29, 0.717) is 21.5 Å². The number of carbonyl (C=O) groups excluding carboxylic acids is 2. The first-order valence-corrected chi connectivity index (χ1v) is 11.6. The Bertz CT molecular complexity index is 1240. The van der Waals surface area contributed by atoms with E-state index in [1.807, 2.05) is 25.1 Å². The zero-order chi connectivity index (χ0) is 22.7. The summed E-state index contributed by atoms with van der Waals surface area (Å²) in [5.74, 6) is -0.187. The molecule has 3 aromatic rings. The zero-order valence-electron chi connectivity index (χ0n) is 17.4. The molecule has 1 fully saturated rings. The maximum Gasteiger partial charge on any atom is 0.267 e. The highest BCUT2D eigenvalue weighted by atomic mass is 32.2. The van der Waals surface area contributed by atoms with Gasteiger partial charge in [0.2, 0.25) is 11.8 Å². The van der Waals surface area contributed by atoms with Gasteiger partial charge in [-0.2, -0.15) is 0 Å². The summed E-state index contributed by atoms with van der Waals surface area (Å²) in [6.07, 6.45) is 0.0861. The highest BCUT2D eigenvalue weighted by Crippen LogP contribution is 2.32. The summed E-state index contributed by atoms with van der Waals surface area (Å²) >= 11 is 0. The van der Waals surface area contributed by atoms with E-state index in [0.717, 1.165) is 5.56 Å². The molecule has 3 aromatic carbocycles.